The van der Waals surface area contributed by atoms with Crippen molar-refractivity contribution in [3.63, 3.8) is 0 Å². The van der Waals surface area contributed by atoms with Crippen molar-refractivity contribution in [3.05, 3.63) is 0 Å². The van der Waals surface area contributed by atoms with E-state index in [-0.39, 0.29) is 0 Å². The lowest BCUT2D eigenvalue weighted by atomic mass is 9.81. The number of hydrogen-bond acceptors (Lipinski definition) is 3. The minimum absolute atomic E-state index is 2.31. The number of ether oxygens (including phenoxy) is 1. The molecule has 0 radical (unpaired) electrons. The Kier molecular flexibility index (Phi) is 2.41. The van der Waals surface area contributed by atoms with Crippen LogP contribution in [0.1, 0.15) is 0 Å². The molecule has 98 valence electrons. The molecule has 1 saturated heterocycles. The van der Waals surface area contributed by atoms with Crippen molar-refractivity contribution in [1.29, 1.82) is 0 Å². The lowest BCUT2D eigenvalue weighted by molar-refractivity contribution is -0.361. The predicted octanol–water partition coefficient (Wildman–Crippen LogP) is 0.993. The van der Waals surface area contributed by atoms with Crippen molar-refractivity contribution in [3.8, 4) is 0 Å². The number of alkyl halides is 6. The zero-order chi connectivity index (χ0) is 13.9. The van der Waals surface area contributed by atoms with Gasteiger partial charge in [0, 0.05) is 0 Å². The van der Waals surface area contributed by atoms with Gasteiger partial charge in [0.2, 0.25) is 0 Å². The summed E-state index contributed by atoms with van der Waals surface area (Å²) in [5.41, 5.74) is -5.39. The van der Waals surface area contributed by atoms with Gasteiger partial charge in [-0.3, -0.25) is 9.59 Å². The van der Waals surface area contributed by atoms with Gasteiger partial charge in [-0.2, -0.15) is 26.3 Å². The molecule has 5 nitrogen and oxygen atoms in total. The second kappa shape index (κ2) is 3.03. The summed E-state index contributed by atoms with van der Waals surface area (Å²) < 4.78 is 78.7. The zero-order valence-electron chi connectivity index (χ0n) is 7.39. The number of carboxylic acid groups (broad SMARTS) is 2. The van der Waals surface area contributed by atoms with Crippen molar-refractivity contribution in [2.24, 2.45) is 5.41 Å². The molecule has 0 bridgehead atoms. The highest BCUT2D eigenvalue weighted by Crippen LogP contribution is 2.63. The van der Waals surface area contributed by atoms with Crippen molar-refractivity contribution < 1.29 is 50.9 Å². The first-order valence-corrected chi connectivity index (χ1v) is 3.65. The smallest absolute Gasteiger partial charge is 0.426 e. The average Bonchev–Trinajstić information content (AvgIpc) is 2.08. The van der Waals surface area contributed by atoms with E-state index in [9.17, 15) is 35.9 Å². The Labute approximate surface area is 87.6 Å². The van der Waals surface area contributed by atoms with E-state index in [2.05, 4.69) is 4.74 Å². The molecule has 1 fully saturated rings. The van der Waals surface area contributed by atoms with Gasteiger partial charge < -0.3 is 10.2 Å². The van der Waals surface area contributed by atoms with E-state index in [1.54, 1.807) is 0 Å². The molecule has 0 saturated carbocycles. The molecule has 0 aromatic heterocycles. The monoisotopic (exact) mass is 268 g/mol. The molecule has 0 aromatic rings. The highest BCUT2D eigenvalue weighted by atomic mass is 19.3. The molecule has 1 rings (SSSR count). The Bertz CT molecular complexity index is 376. The van der Waals surface area contributed by atoms with Gasteiger partial charge in [-0.1, -0.05) is 0 Å². The third kappa shape index (κ3) is 1.19. The minimum Gasteiger partial charge on any atom is -0.480 e. The van der Waals surface area contributed by atoms with Crippen molar-refractivity contribution in [2.45, 2.75) is 18.1 Å². The molecule has 0 atom stereocenters. The molecule has 0 amide bonds. The van der Waals surface area contributed by atoms with Gasteiger partial charge in [-0.25, -0.2) is 4.74 Å². The minimum atomic E-state index is -6.12. The van der Waals surface area contributed by atoms with E-state index in [0.717, 1.165) is 0 Å². The van der Waals surface area contributed by atoms with E-state index in [0.29, 0.717) is 0 Å². The molecule has 0 spiro atoms. The largest absolute Gasteiger partial charge is 0.480 e. The zero-order valence-corrected chi connectivity index (χ0v) is 7.39. The van der Waals surface area contributed by atoms with Crippen LogP contribution in [-0.2, 0) is 14.3 Å². The first-order valence-electron chi connectivity index (χ1n) is 3.65. The van der Waals surface area contributed by atoms with Gasteiger partial charge >= 0.3 is 35.5 Å². The van der Waals surface area contributed by atoms with E-state index >= 15 is 0 Å². The van der Waals surface area contributed by atoms with Gasteiger partial charge in [0.25, 0.3) is 0 Å². The van der Waals surface area contributed by atoms with Gasteiger partial charge in [-0.15, -0.1) is 0 Å². The van der Waals surface area contributed by atoms with Crippen LogP contribution in [0.3, 0.4) is 0 Å². The highest BCUT2D eigenvalue weighted by Gasteiger charge is 2.94. The van der Waals surface area contributed by atoms with Gasteiger partial charge in [0.1, 0.15) is 0 Å². The van der Waals surface area contributed by atoms with Crippen LogP contribution in [0.15, 0.2) is 0 Å². The Balaban J connectivity index is 3.67. The number of hydrogen-bond donors (Lipinski definition) is 2. The molecule has 0 aliphatic carbocycles. The lowest BCUT2D eigenvalue weighted by Crippen LogP contribution is -2.61. The second-order valence-electron chi connectivity index (χ2n) is 3.07. The molecule has 0 aromatic carbocycles. The number of halogens is 6. The number of rotatable bonds is 2. The van der Waals surface area contributed by atoms with Crippen LogP contribution < -0.4 is 0 Å². The quantitative estimate of drug-likeness (QED) is 0.576. The fraction of sp³-hybridized carbons (Fsp3) is 0.667. The van der Waals surface area contributed by atoms with Gasteiger partial charge in [0.15, 0.2) is 0 Å². The van der Waals surface area contributed by atoms with Gasteiger partial charge in [-0.05, 0) is 0 Å². The Morgan fingerprint density at radius 3 is 1.29 bits per heavy atom. The third-order valence-electron chi connectivity index (χ3n) is 2.17. The molecule has 17 heavy (non-hydrogen) atoms. The maximum atomic E-state index is 12.9. The number of aliphatic carboxylic acids is 2. The lowest BCUT2D eigenvalue weighted by Gasteiger charge is -2.27. The second-order valence-corrected chi connectivity index (χ2v) is 3.07. The normalized spacial score (nSPS) is 27.6. The highest BCUT2D eigenvalue weighted by molar-refractivity contribution is 6.01. The summed E-state index contributed by atoms with van der Waals surface area (Å²) in [4.78, 5) is 20.7. The van der Waals surface area contributed by atoms with Crippen LogP contribution in [0.5, 0.6) is 0 Å². The molecular weight excluding hydrogens is 266 g/mol. The standard InChI is InChI=1S/C6H2F6O5/c7-4(8)3(1(13)14,2(15)16)5(9,10)17-6(4,11)12/h(H,13,14)(H,15,16). The van der Waals surface area contributed by atoms with Crippen LogP contribution in [0.25, 0.3) is 0 Å². The van der Waals surface area contributed by atoms with Crippen LogP contribution in [0.4, 0.5) is 26.3 Å². The third-order valence-corrected chi connectivity index (χ3v) is 2.17. The summed E-state index contributed by atoms with van der Waals surface area (Å²) in [5, 5.41) is 16.4. The summed E-state index contributed by atoms with van der Waals surface area (Å²) in [6.45, 7) is 0. The molecule has 1 aliphatic heterocycles. The molecule has 11 heteroatoms. The Morgan fingerprint density at radius 2 is 1.18 bits per heavy atom. The van der Waals surface area contributed by atoms with Crippen LogP contribution in [-0.4, -0.2) is 40.3 Å². The maximum Gasteiger partial charge on any atom is 0.426 e. The van der Waals surface area contributed by atoms with Crippen LogP contribution in [0, 0.1) is 5.41 Å². The molecule has 1 aliphatic rings. The van der Waals surface area contributed by atoms with E-state index in [1.165, 1.54) is 0 Å². The summed E-state index contributed by atoms with van der Waals surface area (Å²) in [6, 6.07) is 0. The van der Waals surface area contributed by atoms with Crippen molar-refractivity contribution in [2.75, 3.05) is 0 Å². The van der Waals surface area contributed by atoms with E-state index in [1.807, 2.05) is 0 Å². The van der Waals surface area contributed by atoms with Crippen LogP contribution in [0.2, 0.25) is 0 Å². The maximum absolute atomic E-state index is 12.9. The fourth-order valence-corrected chi connectivity index (χ4v) is 1.31. The predicted molar refractivity (Wildman–Crippen MR) is 33.6 cm³/mol. The molecule has 1 heterocycles. The Hall–Kier alpha value is -1.52. The van der Waals surface area contributed by atoms with E-state index in [4.69, 9.17) is 10.2 Å². The molecular formula is C6H2F6O5. The van der Waals surface area contributed by atoms with Crippen molar-refractivity contribution >= 4 is 11.9 Å². The first-order chi connectivity index (χ1) is 7.34. The molecule has 2 N–H and O–H groups in total. The first kappa shape index (κ1) is 13.5. The number of carbonyl (C=O) groups is 2. The summed E-state index contributed by atoms with van der Waals surface area (Å²) >= 11 is 0. The Morgan fingerprint density at radius 1 is 0.824 bits per heavy atom. The molecule has 0 unspecified atom stereocenters. The summed E-state index contributed by atoms with van der Waals surface area (Å²) in [5.74, 6) is -12.8. The van der Waals surface area contributed by atoms with Crippen LogP contribution >= 0.6 is 0 Å². The summed E-state index contributed by atoms with van der Waals surface area (Å²) in [6.07, 6.45) is -11.7. The fourth-order valence-electron chi connectivity index (χ4n) is 1.31. The number of carboxylic acids is 2. The van der Waals surface area contributed by atoms with E-state index < -0.39 is 35.5 Å². The summed E-state index contributed by atoms with van der Waals surface area (Å²) in [7, 11) is 0. The van der Waals surface area contributed by atoms with Crippen molar-refractivity contribution in [1.82, 2.24) is 0 Å². The average molecular weight is 268 g/mol. The van der Waals surface area contributed by atoms with Gasteiger partial charge in [0.05, 0.1) is 0 Å². The SMILES string of the molecule is O=C(O)C1(C(=O)O)C(F)(F)OC(F)(F)C1(F)F. The topological polar surface area (TPSA) is 83.8 Å².